The summed E-state index contributed by atoms with van der Waals surface area (Å²) in [6, 6.07) is 15.4. The van der Waals surface area contributed by atoms with E-state index in [0.29, 0.717) is 41.6 Å². The molecule has 4 N–H and O–H groups in total. The molecule has 0 aliphatic rings. The second kappa shape index (κ2) is 9.79. The molecule has 1 atom stereocenters. The predicted octanol–water partition coefficient (Wildman–Crippen LogP) is 4.82. The van der Waals surface area contributed by atoms with Crippen molar-refractivity contribution >= 4 is 28.5 Å². The summed E-state index contributed by atoms with van der Waals surface area (Å²) in [7, 11) is 0. The van der Waals surface area contributed by atoms with Gasteiger partial charge in [-0.25, -0.2) is 9.07 Å². The fourth-order valence-corrected chi connectivity index (χ4v) is 3.49. The summed E-state index contributed by atoms with van der Waals surface area (Å²) in [5.41, 5.74) is 8.00. The van der Waals surface area contributed by atoms with Crippen LogP contribution >= 0.6 is 0 Å². The van der Waals surface area contributed by atoms with Crippen LogP contribution in [0.25, 0.3) is 11.0 Å². The van der Waals surface area contributed by atoms with Crippen LogP contribution in [-0.2, 0) is 12.1 Å². The molecule has 4 aromatic rings. The number of ether oxygens (including phenoxy) is 1. The number of halogens is 3. The normalized spacial score (nSPS) is 13.4. The summed E-state index contributed by atoms with van der Waals surface area (Å²) < 4.78 is 44.8. The number of aromatic nitrogens is 4. The van der Waals surface area contributed by atoms with E-state index in [-0.39, 0.29) is 5.75 Å². The maximum absolute atomic E-state index is 13.2. The van der Waals surface area contributed by atoms with E-state index < -0.39 is 18.3 Å². The van der Waals surface area contributed by atoms with Crippen LogP contribution in [0.2, 0.25) is 0 Å². The fraction of sp³-hybridized carbons (Fsp3) is 0.292. The number of hydrogen-bond donors (Lipinski definition) is 3. The monoisotopic (exact) mass is 485 g/mol. The van der Waals surface area contributed by atoms with Crippen molar-refractivity contribution in [3.05, 3.63) is 66.4 Å². The number of anilines is 3. The third-order valence-electron chi connectivity index (χ3n) is 5.38. The second-order valence-corrected chi connectivity index (χ2v) is 8.25. The van der Waals surface area contributed by atoms with E-state index in [0.717, 1.165) is 5.56 Å². The number of hydrogen-bond acceptors (Lipinski definition) is 7. The molecule has 1 unspecified atom stereocenters. The van der Waals surface area contributed by atoms with Crippen LogP contribution < -0.4 is 21.1 Å². The molecule has 0 aliphatic carbocycles. The first-order chi connectivity index (χ1) is 16.7. The lowest BCUT2D eigenvalue weighted by molar-refractivity contribution is -0.186. The molecule has 0 saturated heterocycles. The molecule has 11 heteroatoms. The van der Waals surface area contributed by atoms with Gasteiger partial charge in [0.15, 0.2) is 12.3 Å². The molecule has 35 heavy (non-hydrogen) atoms. The number of rotatable bonds is 10. The first-order valence-corrected chi connectivity index (χ1v) is 11.0. The maximum Gasteiger partial charge on any atom is 0.427 e. The van der Waals surface area contributed by atoms with Crippen molar-refractivity contribution in [2.45, 2.75) is 32.0 Å². The van der Waals surface area contributed by atoms with Crippen LogP contribution in [0.5, 0.6) is 5.75 Å². The van der Waals surface area contributed by atoms with Gasteiger partial charge in [0.05, 0.1) is 17.1 Å². The Labute approximate surface area is 200 Å². The molecule has 0 aliphatic heterocycles. The largest absolute Gasteiger partial charge is 0.431 e. The molecule has 2 aromatic carbocycles. The first-order valence-electron chi connectivity index (χ1n) is 11.0. The molecule has 0 saturated carbocycles. The molecule has 0 fully saturated rings. The molecule has 0 radical (unpaired) electrons. The second-order valence-electron chi connectivity index (χ2n) is 8.25. The standard InChI is InChI=1S/C24H26F3N7O/c1-3-34-21-19(13-30-34)20(31-17-9-11-18(12-10-17)35-24(26,27)14-25)32-22(33-21)29-15-23(2,28)16-7-5-4-6-8-16/h4-13H,3,14-15,28H2,1-2H3,(H2,29,31,32,33). The van der Waals surface area contributed by atoms with Gasteiger partial charge in [-0.1, -0.05) is 30.3 Å². The van der Waals surface area contributed by atoms with Crippen molar-refractivity contribution < 1.29 is 17.9 Å². The van der Waals surface area contributed by atoms with Crippen LogP contribution in [0.15, 0.2) is 60.8 Å². The summed E-state index contributed by atoms with van der Waals surface area (Å²) in [5, 5.41) is 11.4. The van der Waals surface area contributed by atoms with Crippen molar-refractivity contribution in [3.63, 3.8) is 0 Å². The predicted molar refractivity (Wildman–Crippen MR) is 129 cm³/mol. The molecular weight excluding hydrogens is 459 g/mol. The van der Waals surface area contributed by atoms with Crippen LogP contribution in [0, 0.1) is 0 Å². The summed E-state index contributed by atoms with van der Waals surface area (Å²) in [6.07, 6.45) is -2.22. The van der Waals surface area contributed by atoms with E-state index in [2.05, 4.69) is 30.4 Å². The molecule has 0 spiro atoms. The van der Waals surface area contributed by atoms with Gasteiger partial charge in [-0.3, -0.25) is 0 Å². The number of fused-ring (bicyclic) bond motifs is 1. The molecular formula is C24H26F3N7O. The van der Waals surface area contributed by atoms with E-state index in [1.54, 1.807) is 10.9 Å². The maximum atomic E-state index is 13.2. The van der Waals surface area contributed by atoms with E-state index in [1.165, 1.54) is 24.3 Å². The lowest BCUT2D eigenvalue weighted by atomic mass is 9.93. The fourth-order valence-electron chi connectivity index (χ4n) is 3.49. The molecule has 2 heterocycles. The number of aryl methyl sites for hydroxylation is 1. The van der Waals surface area contributed by atoms with Gasteiger partial charge in [-0.2, -0.15) is 23.8 Å². The third-order valence-corrected chi connectivity index (χ3v) is 5.38. The molecule has 184 valence electrons. The zero-order valence-corrected chi connectivity index (χ0v) is 19.3. The Kier molecular flexibility index (Phi) is 6.79. The van der Waals surface area contributed by atoms with Crippen LogP contribution in [0.1, 0.15) is 19.4 Å². The lowest BCUT2D eigenvalue weighted by Crippen LogP contribution is -2.40. The van der Waals surface area contributed by atoms with E-state index in [1.807, 2.05) is 44.2 Å². The summed E-state index contributed by atoms with van der Waals surface area (Å²) in [6.45, 7) is 2.94. The topological polar surface area (TPSA) is 103 Å². The van der Waals surface area contributed by atoms with Gasteiger partial charge in [0, 0.05) is 18.8 Å². The Balaban J connectivity index is 1.58. The van der Waals surface area contributed by atoms with Crippen molar-refractivity contribution in [1.82, 2.24) is 19.7 Å². The zero-order valence-electron chi connectivity index (χ0n) is 19.3. The van der Waals surface area contributed by atoms with E-state index in [9.17, 15) is 13.2 Å². The number of nitrogens with one attached hydrogen (secondary N) is 2. The molecule has 2 aromatic heterocycles. The van der Waals surface area contributed by atoms with Gasteiger partial charge in [0.25, 0.3) is 0 Å². The number of nitrogens with zero attached hydrogens (tertiary/aromatic N) is 4. The first kappa shape index (κ1) is 24.3. The van der Waals surface area contributed by atoms with Gasteiger partial charge in [-0.05, 0) is 43.7 Å². The quantitative estimate of drug-likeness (QED) is 0.296. The van der Waals surface area contributed by atoms with Crippen LogP contribution in [0.3, 0.4) is 0 Å². The highest BCUT2D eigenvalue weighted by molar-refractivity contribution is 5.89. The number of benzene rings is 2. The Bertz CT molecular complexity index is 1280. The van der Waals surface area contributed by atoms with Crippen molar-refractivity contribution in [2.75, 3.05) is 23.9 Å². The minimum Gasteiger partial charge on any atom is -0.431 e. The van der Waals surface area contributed by atoms with E-state index >= 15 is 0 Å². The Morgan fingerprint density at radius 3 is 2.43 bits per heavy atom. The van der Waals surface area contributed by atoms with Crippen LogP contribution in [0.4, 0.5) is 30.6 Å². The Hall–Kier alpha value is -3.86. The summed E-state index contributed by atoms with van der Waals surface area (Å²) >= 11 is 0. The van der Waals surface area contributed by atoms with Gasteiger partial charge in [-0.15, -0.1) is 0 Å². The third kappa shape index (κ3) is 5.62. The average Bonchev–Trinajstić information content (AvgIpc) is 3.28. The Morgan fingerprint density at radius 2 is 1.77 bits per heavy atom. The van der Waals surface area contributed by atoms with Gasteiger partial charge < -0.3 is 21.1 Å². The van der Waals surface area contributed by atoms with Crippen molar-refractivity contribution in [3.8, 4) is 5.75 Å². The smallest absolute Gasteiger partial charge is 0.427 e. The number of nitrogens with two attached hydrogens (primary N) is 1. The highest BCUT2D eigenvalue weighted by Crippen LogP contribution is 2.28. The van der Waals surface area contributed by atoms with Crippen LogP contribution in [-0.4, -0.2) is 39.1 Å². The van der Waals surface area contributed by atoms with Crippen molar-refractivity contribution in [2.24, 2.45) is 5.73 Å². The zero-order chi connectivity index (χ0) is 25.1. The average molecular weight is 486 g/mol. The van der Waals surface area contributed by atoms with Crippen molar-refractivity contribution in [1.29, 1.82) is 0 Å². The minimum atomic E-state index is -3.87. The molecule has 0 amide bonds. The molecule has 8 nitrogen and oxygen atoms in total. The minimum absolute atomic E-state index is 0.157. The highest BCUT2D eigenvalue weighted by atomic mass is 19.3. The molecule has 4 rings (SSSR count). The van der Waals surface area contributed by atoms with E-state index in [4.69, 9.17) is 5.73 Å². The van der Waals surface area contributed by atoms with Gasteiger partial charge in [0.1, 0.15) is 11.6 Å². The Morgan fingerprint density at radius 1 is 1.06 bits per heavy atom. The lowest BCUT2D eigenvalue weighted by Gasteiger charge is -2.25. The number of alkyl halides is 3. The molecule has 0 bridgehead atoms. The highest BCUT2D eigenvalue weighted by Gasteiger charge is 2.31. The van der Waals surface area contributed by atoms with Gasteiger partial charge in [0.2, 0.25) is 5.95 Å². The SMILES string of the molecule is CCn1ncc2c(Nc3ccc(OC(F)(F)CF)cc3)nc(NCC(C)(N)c3ccccc3)nc21. The summed E-state index contributed by atoms with van der Waals surface area (Å²) in [4.78, 5) is 9.21. The van der Waals surface area contributed by atoms with Gasteiger partial charge >= 0.3 is 6.11 Å². The summed E-state index contributed by atoms with van der Waals surface area (Å²) in [5.74, 6) is 0.666.